The van der Waals surface area contributed by atoms with Gasteiger partial charge >= 0.3 is 0 Å². The number of hydrogen-bond donors (Lipinski definition) is 1. The van der Waals surface area contributed by atoms with Crippen LogP contribution in [0.4, 0.5) is 5.69 Å². The molecule has 1 N–H and O–H groups in total. The number of nitrogens with one attached hydrogen (secondary N) is 1. The molecule has 2 amide bonds. The molecule has 1 saturated heterocycles. The van der Waals surface area contributed by atoms with Crippen LogP contribution in [0.3, 0.4) is 0 Å². The second kappa shape index (κ2) is 8.27. The number of carbonyl (C=O) groups excluding carboxylic acids is 2. The van der Waals surface area contributed by atoms with E-state index in [1.165, 1.54) is 10.9 Å². The zero-order chi connectivity index (χ0) is 20.2. The molecule has 3 aromatic rings. The fourth-order valence-corrected chi connectivity index (χ4v) is 3.00. The first kappa shape index (κ1) is 18.9. The van der Waals surface area contributed by atoms with Gasteiger partial charge in [-0.3, -0.25) is 14.3 Å². The van der Waals surface area contributed by atoms with Gasteiger partial charge in [-0.25, -0.2) is 0 Å². The van der Waals surface area contributed by atoms with E-state index in [4.69, 9.17) is 9.26 Å². The van der Waals surface area contributed by atoms with E-state index in [1.54, 1.807) is 17.2 Å². The van der Waals surface area contributed by atoms with Crippen LogP contribution in [-0.4, -0.2) is 58.0 Å². The van der Waals surface area contributed by atoms with Crippen LogP contribution in [0.5, 0.6) is 0 Å². The summed E-state index contributed by atoms with van der Waals surface area (Å²) in [6, 6.07) is 9.37. The maximum atomic E-state index is 12.4. The fraction of sp³-hybridized carbons (Fsp3) is 0.300. The molecule has 9 nitrogen and oxygen atoms in total. The van der Waals surface area contributed by atoms with Gasteiger partial charge in [-0.15, -0.1) is 0 Å². The molecule has 150 valence electrons. The van der Waals surface area contributed by atoms with E-state index in [9.17, 15) is 9.59 Å². The third-order valence-electron chi connectivity index (χ3n) is 4.63. The van der Waals surface area contributed by atoms with Crippen molar-refractivity contribution in [2.75, 3.05) is 31.6 Å². The molecule has 0 unspecified atom stereocenters. The minimum absolute atomic E-state index is 0.0350. The van der Waals surface area contributed by atoms with E-state index in [0.29, 0.717) is 37.7 Å². The molecule has 0 aliphatic carbocycles. The molecular formula is C20H21N5O4. The number of hydrogen-bond acceptors (Lipinski definition) is 6. The van der Waals surface area contributed by atoms with Gasteiger partial charge < -0.3 is 19.5 Å². The van der Waals surface area contributed by atoms with Crippen molar-refractivity contribution < 1.29 is 18.8 Å². The summed E-state index contributed by atoms with van der Waals surface area (Å²) in [4.78, 5) is 26.4. The molecule has 9 heteroatoms. The third kappa shape index (κ3) is 4.52. The summed E-state index contributed by atoms with van der Waals surface area (Å²) >= 11 is 0. The number of morpholine rings is 1. The van der Waals surface area contributed by atoms with Gasteiger partial charge in [-0.1, -0.05) is 35.0 Å². The molecule has 1 fully saturated rings. The summed E-state index contributed by atoms with van der Waals surface area (Å²) in [5, 5.41) is 10.8. The molecule has 2 aromatic heterocycles. The molecular weight excluding hydrogens is 374 g/mol. The lowest BCUT2D eigenvalue weighted by atomic mass is 10.1. The van der Waals surface area contributed by atoms with Crippen LogP contribution in [0, 0.1) is 6.92 Å². The number of aromatic nitrogens is 3. The lowest BCUT2D eigenvalue weighted by molar-refractivity contribution is -0.136. The van der Waals surface area contributed by atoms with Crippen LogP contribution in [-0.2, 0) is 16.1 Å². The Morgan fingerprint density at radius 3 is 2.69 bits per heavy atom. The first-order valence-corrected chi connectivity index (χ1v) is 9.31. The second-order valence-corrected chi connectivity index (χ2v) is 6.82. The van der Waals surface area contributed by atoms with E-state index in [0.717, 1.165) is 11.1 Å². The molecule has 0 radical (unpaired) electrons. The zero-order valence-electron chi connectivity index (χ0n) is 16.0. The van der Waals surface area contributed by atoms with Crippen LogP contribution in [0.15, 0.2) is 47.2 Å². The highest BCUT2D eigenvalue weighted by Gasteiger charge is 2.18. The molecule has 4 rings (SSSR count). The van der Waals surface area contributed by atoms with Crippen LogP contribution in [0.25, 0.3) is 11.3 Å². The number of nitrogens with zero attached hydrogens (tertiary/aromatic N) is 4. The molecule has 0 atom stereocenters. The topological polar surface area (TPSA) is 102 Å². The third-order valence-corrected chi connectivity index (χ3v) is 4.63. The number of ether oxygens (including phenoxy) is 1. The van der Waals surface area contributed by atoms with Crippen molar-refractivity contribution in [2.45, 2.75) is 13.5 Å². The lowest BCUT2D eigenvalue weighted by Crippen LogP contribution is -2.42. The number of amides is 2. The highest BCUT2D eigenvalue weighted by atomic mass is 16.5. The summed E-state index contributed by atoms with van der Waals surface area (Å²) in [6.07, 6.45) is 3.09. The quantitative estimate of drug-likeness (QED) is 0.708. The van der Waals surface area contributed by atoms with Gasteiger partial charge in [-0.2, -0.15) is 5.10 Å². The Morgan fingerprint density at radius 2 is 1.93 bits per heavy atom. The largest absolute Gasteiger partial charge is 0.378 e. The van der Waals surface area contributed by atoms with Gasteiger partial charge in [-0.05, 0) is 6.92 Å². The lowest BCUT2D eigenvalue weighted by Gasteiger charge is -2.26. The van der Waals surface area contributed by atoms with Crippen LogP contribution in [0.1, 0.15) is 16.1 Å². The maximum Gasteiger partial charge on any atom is 0.294 e. The highest BCUT2D eigenvalue weighted by Crippen LogP contribution is 2.20. The van der Waals surface area contributed by atoms with Crippen molar-refractivity contribution in [2.24, 2.45) is 0 Å². The summed E-state index contributed by atoms with van der Waals surface area (Å²) in [6.45, 7) is 4.37. The van der Waals surface area contributed by atoms with Gasteiger partial charge in [0.2, 0.25) is 11.7 Å². The first-order valence-electron chi connectivity index (χ1n) is 9.31. The van der Waals surface area contributed by atoms with E-state index in [-0.39, 0.29) is 18.2 Å². The monoisotopic (exact) mass is 395 g/mol. The van der Waals surface area contributed by atoms with E-state index in [2.05, 4.69) is 15.6 Å². The predicted molar refractivity (Wildman–Crippen MR) is 104 cm³/mol. The molecule has 0 spiro atoms. The van der Waals surface area contributed by atoms with Crippen LogP contribution in [0.2, 0.25) is 0 Å². The number of anilines is 1. The van der Waals surface area contributed by atoms with Gasteiger partial charge in [0.1, 0.15) is 12.2 Å². The van der Waals surface area contributed by atoms with Gasteiger partial charge in [0.05, 0.1) is 25.1 Å². The average molecular weight is 395 g/mol. The standard InChI is InChI=1S/C20H21N5O4/c1-14-2-4-15(5-3-14)17-10-18(29-23-17)20(27)22-16-11-21-25(12-16)13-19(26)24-6-8-28-9-7-24/h2-5,10-12H,6-9,13H2,1H3,(H,22,27). The molecule has 0 saturated carbocycles. The summed E-state index contributed by atoms with van der Waals surface area (Å²) in [7, 11) is 0. The number of aryl methyl sites for hydroxylation is 1. The van der Waals surface area contributed by atoms with Crippen molar-refractivity contribution in [1.82, 2.24) is 19.8 Å². The first-order chi connectivity index (χ1) is 14.1. The normalized spacial score (nSPS) is 14.0. The number of benzene rings is 1. The maximum absolute atomic E-state index is 12.4. The minimum atomic E-state index is -0.435. The van der Waals surface area contributed by atoms with Crippen molar-refractivity contribution in [3.05, 3.63) is 54.0 Å². The van der Waals surface area contributed by atoms with E-state index < -0.39 is 5.91 Å². The zero-order valence-corrected chi connectivity index (χ0v) is 16.0. The van der Waals surface area contributed by atoms with Crippen molar-refractivity contribution in [3.63, 3.8) is 0 Å². The molecule has 1 aliphatic rings. The van der Waals surface area contributed by atoms with Crippen LogP contribution >= 0.6 is 0 Å². The Labute approximate surface area is 167 Å². The number of rotatable bonds is 5. The van der Waals surface area contributed by atoms with E-state index in [1.807, 2.05) is 31.2 Å². The van der Waals surface area contributed by atoms with E-state index >= 15 is 0 Å². The Balaban J connectivity index is 1.36. The number of carbonyl (C=O) groups is 2. The second-order valence-electron chi connectivity index (χ2n) is 6.82. The summed E-state index contributed by atoms with van der Waals surface area (Å²) < 4.78 is 11.9. The summed E-state index contributed by atoms with van der Waals surface area (Å²) in [5.41, 5.74) is 3.06. The Bertz CT molecular complexity index is 1000. The molecule has 0 bridgehead atoms. The average Bonchev–Trinajstić information content (AvgIpc) is 3.39. The van der Waals surface area contributed by atoms with Crippen LogP contribution < -0.4 is 5.32 Å². The SMILES string of the molecule is Cc1ccc(-c2cc(C(=O)Nc3cnn(CC(=O)N4CCOCC4)c3)on2)cc1. The molecule has 1 aromatic carbocycles. The van der Waals surface area contributed by atoms with Crippen molar-refractivity contribution >= 4 is 17.5 Å². The minimum Gasteiger partial charge on any atom is -0.378 e. The van der Waals surface area contributed by atoms with Crippen molar-refractivity contribution in [3.8, 4) is 11.3 Å². The van der Waals surface area contributed by atoms with Gasteiger partial charge in [0.15, 0.2) is 0 Å². The highest BCUT2D eigenvalue weighted by molar-refractivity contribution is 6.02. The predicted octanol–water partition coefficient (Wildman–Crippen LogP) is 1.96. The van der Waals surface area contributed by atoms with Gasteiger partial charge in [0, 0.05) is 30.9 Å². The smallest absolute Gasteiger partial charge is 0.294 e. The molecule has 29 heavy (non-hydrogen) atoms. The molecule has 1 aliphatic heterocycles. The Kier molecular flexibility index (Phi) is 5.39. The Hall–Kier alpha value is -3.46. The molecule has 3 heterocycles. The summed E-state index contributed by atoms with van der Waals surface area (Å²) in [5.74, 6) is -0.375. The van der Waals surface area contributed by atoms with Crippen molar-refractivity contribution in [1.29, 1.82) is 0 Å². The fourth-order valence-electron chi connectivity index (χ4n) is 3.00. The van der Waals surface area contributed by atoms with Gasteiger partial charge in [0.25, 0.3) is 5.91 Å². The Morgan fingerprint density at radius 1 is 1.17 bits per heavy atom.